The Bertz CT molecular complexity index is 728. The van der Waals surface area contributed by atoms with Crippen molar-refractivity contribution < 1.29 is 9.53 Å². The first kappa shape index (κ1) is 23.3. The average Bonchev–Trinajstić information content (AvgIpc) is 3.03. The predicted octanol–water partition coefficient (Wildman–Crippen LogP) is 4.08. The highest BCUT2D eigenvalue weighted by molar-refractivity contribution is 5.95. The minimum atomic E-state index is -0.434. The lowest BCUT2D eigenvalue weighted by Gasteiger charge is -2.26. The molecule has 1 fully saturated rings. The van der Waals surface area contributed by atoms with Crippen LogP contribution < -0.4 is 15.8 Å². The number of carbonyl (C=O) groups is 1. The number of aryl methyl sites for hydroxylation is 1. The molecule has 0 radical (unpaired) electrons. The number of hydrogen-bond donors (Lipinski definition) is 3. The van der Waals surface area contributed by atoms with Gasteiger partial charge in [-0.1, -0.05) is 31.4 Å². The quantitative estimate of drug-likeness (QED) is 0.686. The Balaban J connectivity index is 0.00000182. The third kappa shape index (κ3) is 5.37. The Morgan fingerprint density at radius 3 is 2.44 bits per heavy atom. The first-order chi connectivity index (χ1) is 12.1. The molecule has 27 heavy (non-hydrogen) atoms. The summed E-state index contributed by atoms with van der Waals surface area (Å²) in [5.41, 5.74) is 9.70. The van der Waals surface area contributed by atoms with Gasteiger partial charge < -0.3 is 15.8 Å². The second kappa shape index (κ2) is 10.5. The van der Waals surface area contributed by atoms with Crippen LogP contribution >= 0.6 is 24.8 Å². The number of nitrogens with two attached hydrogens (primary N) is 1. The topological polar surface area (TPSA) is 93.0 Å². The average molecular weight is 415 g/mol. The number of halogens is 2. The lowest BCUT2D eigenvalue weighted by Crippen LogP contribution is -2.42. The number of carbonyl (C=O) groups excluding carboxylic acids is 1. The largest absolute Gasteiger partial charge is 0.481 e. The molecule has 0 aliphatic heterocycles. The molecular formula is C19H28Cl2N4O2. The molecule has 1 unspecified atom stereocenters. The minimum absolute atomic E-state index is 0. The maximum absolute atomic E-state index is 12.4. The van der Waals surface area contributed by atoms with Crippen molar-refractivity contribution in [2.24, 2.45) is 11.7 Å². The second-order valence-electron chi connectivity index (χ2n) is 6.71. The number of aromatic nitrogens is 2. The summed E-state index contributed by atoms with van der Waals surface area (Å²) in [5.74, 6) is 0.830. The summed E-state index contributed by atoms with van der Waals surface area (Å²) in [6.07, 6.45) is 5.70. The van der Waals surface area contributed by atoms with Crippen LogP contribution in [0.4, 0.5) is 5.69 Å². The van der Waals surface area contributed by atoms with Crippen molar-refractivity contribution in [1.29, 1.82) is 0 Å². The maximum atomic E-state index is 12.4. The second-order valence-corrected chi connectivity index (χ2v) is 6.71. The Hall–Kier alpha value is -1.76. The third-order valence-electron chi connectivity index (χ3n) is 5.02. The number of hydrogen-bond acceptors (Lipinski definition) is 4. The number of nitrogens with zero attached hydrogens (tertiary/aromatic N) is 1. The van der Waals surface area contributed by atoms with Crippen LogP contribution in [-0.2, 0) is 4.79 Å². The van der Waals surface area contributed by atoms with Crippen LogP contribution in [0.1, 0.15) is 37.8 Å². The highest BCUT2D eigenvalue weighted by Crippen LogP contribution is 2.32. The summed E-state index contributed by atoms with van der Waals surface area (Å²) in [6, 6.07) is 7.22. The Morgan fingerprint density at radius 1 is 1.22 bits per heavy atom. The number of ether oxygens (including phenoxy) is 1. The molecule has 1 saturated carbocycles. The Kier molecular flexibility index (Phi) is 9.09. The number of nitrogens with one attached hydrogen (secondary N) is 2. The molecule has 150 valence electrons. The van der Waals surface area contributed by atoms with Gasteiger partial charge in [0.2, 0.25) is 11.8 Å². The monoisotopic (exact) mass is 414 g/mol. The molecule has 2 aromatic rings. The molecule has 1 amide bonds. The summed E-state index contributed by atoms with van der Waals surface area (Å²) in [5, 5.41) is 9.97. The standard InChI is InChI=1S/C19H26N4O2.2ClH/c1-12-16(19(25-2)23-22-12)13-8-10-15(11-9-13)21-18(24)17(20)14-6-4-3-5-7-14;;/h8-11,14,17H,3-7,20H2,1-2H3,(H,21,24)(H,22,23);2*1H. The molecule has 1 aliphatic rings. The van der Waals surface area contributed by atoms with Gasteiger partial charge in [0.15, 0.2) is 0 Å². The fourth-order valence-corrected chi connectivity index (χ4v) is 3.55. The van der Waals surface area contributed by atoms with E-state index in [2.05, 4.69) is 15.5 Å². The van der Waals surface area contributed by atoms with Gasteiger partial charge in [-0.15, -0.1) is 24.8 Å². The SMILES string of the molecule is COc1[nH]nc(C)c1-c1ccc(NC(=O)C(N)C2CCCCC2)cc1.Cl.Cl. The zero-order valence-corrected chi connectivity index (χ0v) is 17.3. The normalized spacial score (nSPS) is 15.2. The first-order valence-corrected chi connectivity index (χ1v) is 8.86. The lowest BCUT2D eigenvalue weighted by atomic mass is 9.84. The van der Waals surface area contributed by atoms with Gasteiger partial charge in [-0.25, -0.2) is 5.10 Å². The zero-order chi connectivity index (χ0) is 17.8. The van der Waals surface area contributed by atoms with Crippen molar-refractivity contribution >= 4 is 36.4 Å². The van der Waals surface area contributed by atoms with Crippen LogP contribution in [0, 0.1) is 12.8 Å². The number of methoxy groups -OCH3 is 1. The predicted molar refractivity (Wildman–Crippen MR) is 113 cm³/mol. The van der Waals surface area contributed by atoms with E-state index in [-0.39, 0.29) is 30.7 Å². The van der Waals surface area contributed by atoms with E-state index in [0.717, 1.165) is 35.3 Å². The molecule has 1 aromatic heterocycles. The van der Waals surface area contributed by atoms with Crippen molar-refractivity contribution in [3.8, 4) is 17.0 Å². The van der Waals surface area contributed by atoms with Crippen LogP contribution in [0.25, 0.3) is 11.1 Å². The van der Waals surface area contributed by atoms with Crippen LogP contribution in [0.2, 0.25) is 0 Å². The lowest BCUT2D eigenvalue weighted by molar-refractivity contribution is -0.118. The number of H-pyrrole nitrogens is 1. The van der Waals surface area contributed by atoms with Gasteiger partial charge in [0, 0.05) is 5.69 Å². The number of rotatable bonds is 5. The van der Waals surface area contributed by atoms with Crippen molar-refractivity contribution in [1.82, 2.24) is 10.2 Å². The Morgan fingerprint density at radius 2 is 1.85 bits per heavy atom. The highest BCUT2D eigenvalue weighted by Gasteiger charge is 2.26. The molecule has 1 heterocycles. The molecule has 0 spiro atoms. The highest BCUT2D eigenvalue weighted by atomic mass is 35.5. The van der Waals surface area contributed by atoms with E-state index in [1.165, 1.54) is 19.3 Å². The molecule has 1 aliphatic carbocycles. The number of aromatic amines is 1. The van der Waals surface area contributed by atoms with Gasteiger partial charge in [0.05, 0.1) is 24.4 Å². The fourth-order valence-electron chi connectivity index (χ4n) is 3.55. The van der Waals surface area contributed by atoms with Crippen LogP contribution in [0.3, 0.4) is 0 Å². The molecular weight excluding hydrogens is 387 g/mol. The van der Waals surface area contributed by atoms with E-state index in [1.807, 2.05) is 31.2 Å². The zero-order valence-electron chi connectivity index (χ0n) is 15.7. The van der Waals surface area contributed by atoms with Crippen molar-refractivity contribution in [2.45, 2.75) is 45.1 Å². The van der Waals surface area contributed by atoms with Gasteiger partial charge in [0.1, 0.15) is 0 Å². The molecule has 8 heteroatoms. The summed E-state index contributed by atoms with van der Waals surface area (Å²) in [7, 11) is 1.61. The first-order valence-electron chi connectivity index (χ1n) is 8.86. The summed E-state index contributed by atoms with van der Waals surface area (Å²) < 4.78 is 5.31. The molecule has 4 N–H and O–H groups in total. The summed E-state index contributed by atoms with van der Waals surface area (Å²) in [4.78, 5) is 12.4. The van der Waals surface area contributed by atoms with Crippen molar-refractivity contribution in [2.75, 3.05) is 12.4 Å². The molecule has 1 atom stereocenters. The Labute approximate surface area is 172 Å². The van der Waals surface area contributed by atoms with E-state index in [9.17, 15) is 4.79 Å². The molecule has 0 saturated heterocycles. The molecule has 6 nitrogen and oxygen atoms in total. The van der Waals surface area contributed by atoms with Gasteiger partial charge in [0.25, 0.3) is 0 Å². The fraction of sp³-hybridized carbons (Fsp3) is 0.474. The summed E-state index contributed by atoms with van der Waals surface area (Å²) >= 11 is 0. The number of anilines is 1. The minimum Gasteiger partial charge on any atom is -0.481 e. The van der Waals surface area contributed by atoms with Crippen LogP contribution in [0.5, 0.6) is 5.88 Å². The van der Waals surface area contributed by atoms with E-state index in [1.54, 1.807) is 7.11 Å². The summed E-state index contributed by atoms with van der Waals surface area (Å²) in [6.45, 7) is 1.92. The van der Waals surface area contributed by atoms with E-state index < -0.39 is 6.04 Å². The van der Waals surface area contributed by atoms with Crippen molar-refractivity contribution in [3.63, 3.8) is 0 Å². The smallest absolute Gasteiger partial charge is 0.241 e. The molecule has 3 rings (SSSR count). The third-order valence-corrected chi connectivity index (χ3v) is 5.02. The molecule has 1 aromatic carbocycles. The van der Waals surface area contributed by atoms with Gasteiger partial charge in [-0.2, -0.15) is 5.10 Å². The van der Waals surface area contributed by atoms with Crippen molar-refractivity contribution in [3.05, 3.63) is 30.0 Å². The van der Waals surface area contributed by atoms with E-state index in [0.29, 0.717) is 11.8 Å². The van der Waals surface area contributed by atoms with Crippen LogP contribution in [-0.4, -0.2) is 29.3 Å². The maximum Gasteiger partial charge on any atom is 0.241 e. The van der Waals surface area contributed by atoms with Crippen LogP contribution in [0.15, 0.2) is 24.3 Å². The molecule has 0 bridgehead atoms. The number of amides is 1. The van der Waals surface area contributed by atoms with E-state index in [4.69, 9.17) is 10.5 Å². The van der Waals surface area contributed by atoms with Gasteiger partial charge >= 0.3 is 0 Å². The van der Waals surface area contributed by atoms with Gasteiger partial charge in [-0.05, 0) is 43.4 Å². The number of benzene rings is 1. The van der Waals surface area contributed by atoms with Gasteiger partial charge in [-0.3, -0.25) is 4.79 Å². The van der Waals surface area contributed by atoms with E-state index >= 15 is 0 Å².